The number of benzene rings is 1. The Bertz CT molecular complexity index is 336. The smallest absolute Gasteiger partial charge is 0.233 e. The third-order valence-corrected chi connectivity index (χ3v) is 2.38. The lowest BCUT2D eigenvalue weighted by atomic mass is 10.1. The van der Waals surface area contributed by atoms with Crippen LogP contribution in [0.1, 0.15) is 17.5 Å². The second kappa shape index (κ2) is 7.01. The van der Waals surface area contributed by atoms with Crippen LogP contribution in [0.2, 0.25) is 0 Å². The monoisotopic (exact) mass is 220 g/mol. The summed E-state index contributed by atoms with van der Waals surface area (Å²) in [6, 6.07) is 8.49. The van der Waals surface area contributed by atoms with Crippen molar-refractivity contribution >= 4 is 5.91 Å². The predicted molar refractivity (Wildman–Crippen MR) is 66.4 cm³/mol. The summed E-state index contributed by atoms with van der Waals surface area (Å²) in [5.74, 6) is 0.0618. The van der Waals surface area contributed by atoms with E-state index in [1.165, 1.54) is 11.1 Å². The summed E-state index contributed by atoms with van der Waals surface area (Å²) in [5, 5.41) is 5.69. The fourth-order valence-electron chi connectivity index (χ4n) is 1.61. The maximum Gasteiger partial charge on any atom is 0.233 e. The molecule has 88 valence electrons. The van der Waals surface area contributed by atoms with Gasteiger partial charge in [0.05, 0.1) is 6.54 Å². The lowest BCUT2D eigenvalue weighted by Crippen LogP contribution is -2.32. The zero-order chi connectivity index (χ0) is 11.8. The molecule has 1 aromatic rings. The quantitative estimate of drug-likeness (QED) is 0.709. The Morgan fingerprint density at radius 3 is 2.88 bits per heavy atom. The van der Waals surface area contributed by atoms with E-state index in [0.29, 0.717) is 6.54 Å². The Labute approximate surface area is 97.2 Å². The van der Waals surface area contributed by atoms with Gasteiger partial charge in [0, 0.05) is 6.54 Å². The molecule has 0 heterocycles. The number of hydrogen-bond acceptors (Lipinski definition) is 2. The number of hydrogen-bond donors (Lipinski definition) is 2. The minimum atomic E-state index is 0.0618. The molecule has 3 nitrogen and oxygen atoms in total. The van der Waals surface area contributed by atoms with Crippen molar-refractivity contribution in [3.8, 4) is 0 Å². The van der Waals surface area contributed by atoms with Gasteiger partial charge in [-0.1, -0.05) is 29.8 Å². The fourth-order valence-corrected chi connectivity index (χ4v) is 1.61. The molecule has 3 heteroatoms. The molecule has 0 aliphatic heterocycles. The predicted octanol–water partition coefficient (Wildman–Crippen LogP) is 1.26. The number of rotatable bonds is 6. The van der Waals surface area contributed by atoms with Gasteiger partial charge < -0.3 is 10.6 Å². The average Bonchev–Trinajstić information content (AvgIpc) is 2.25. The van der Waals surface area contributed by atoms with Crippen LogP contribution in [0.4, 0.5) is 0 Å². The van der Waals surface area contributed by atoms with E-state index in [1.54, 1.807) is 7.05 Å². The molecule has 0 aliphatic carbocycles. The van der Waals surface area contributed by atoms with E-state index in [0.717, 1.165) is 19.4 Å². The van der Waals surface area contributed by atoms with E-state index < -0.39 is 0 Å². The second-order valence-electron chi connectivity index (χ2n) is 3.97. The number of likely N-dealkylation sites (N-methyl/N-ethyl adjacent to an activating group) is 1. The molecule has 1 rings (SSSR count). The molecule has 0 saturated heterocycles. The van der Waals surface area contributed by atoms with Crippen molar-refractivity contribution in [3.63, 3.8) is 0 Å². The van der Waals surface area contributed by atoms with Crippen molar-refractivity contribution in [2.45, 2.75) is 19.8 Å². The molecule has 0 radical (unpaired) electrons. The lowest BCUT2D eigenvalue weighted by Gasteiger charge is -2.05. The molecule has 1 aromatic carbocycles. The molecule has 0 spiro atoms. The topological polar surface area (TPSA) is 41.1 Å². The Hall–Kier alpha value is -1.35. The Kier molecular flexibility index (Phi) is 5.57. The number of aryl methyl sites for hydroxylation is 2. The summed E-state index contributed by atoms with van der Waals surface area (Å²) in [7, 11) is 1.77. The number of carbonyl (C=O) groups is 1. The van der Waals surface area contributed by atoms with Crippen LogP contribution >= 0.6 is 0 Å². The van der Waals surface area contributed by atoms with Crippen molar-refractivity contribution in [2.75, 3.05) is 20.1 Å². The SMILES string of the molecule is CNCC(=O)NCCCc1cccc(C)c1. The highest BCUT2D eigenvalue weighted by molar-refractivity contribution is 5.77. The van der Waals surface area contributed by atoms with Crippen LogP contribution in [0.3, 0.4) is 0 Å². The van der Waals surface area contributed by atoms with Crippen LogP contribution in [0, 0.1) is 6.92 Å². The van der Waals surface area contributed by atoms with Crippen LogP contribution in [0.25, 0.3) is 0 Å². The molecule has 0 fully saturated rings. The minimum Gasteiger partial charge on any atom is -0.355 e. The standard InChI is InChI=1S/C13H20N2O/c1-11-5-3-6-12(9-11)7-4-8-15-13(16)10-14-2/h3,5-6,9,14H,4,7-8,10H2,1-2H3,(H,15,16). The van der Waals surface area contributed by atoms with Gasteiger partial charge >= 0.3 is 0 Å². The van der Waals surface area contributed by atoms with Crippen LogP contribution in [0.15, 0.2) is 24.3 Å². The number of nitrogens with one attached hydrogen (secondary N) is 2. The molecule has 1 amide bonds. The summed E-state index contributed by atoms with van der Waals surface area (Å²) in [6.07, 6.45) is 2.00. The Morgan fingerprint density at radius 2 is 2.19 bits per heavy atom. The van der Waals surface area contributed by atoms with Crippen molar-refractivity contribution in [3.05, 3.63) is 35.4 Å². The van der Waals surface area contributed by atoms with Gasteiger partial charge in [-0.05, 0) is 32.4 Å². The van der Waals surface area contributed by atoms with Gasteiger partial charge in [0.15, 0.2) is 0 Å². The Morgan fingerprint density at radius 1 is 1.38 bits per heavy atom. The van der Waals surface area contributed by atoms with Crippen molar-refractivity contribution in [1.82, 2.24) is 10.6 Å². The molecular weight excluding hydrogens is 200 g/mol. The van der Waals surface area contributed by atoms with E-state index in [-0.39, 0.29) is 5.91 Å². The third kappa shape index (κ3) is 4.94. The van der Waals surface area contributed by atoms with Gasteiger partial charge in [-0.2, -0.15) is 0 Å². The average molecular weight is 220 g/mol. The number of carbonyl (C=O) groups excluding carboxylic acids is 1. The highest BCUT2D eigenvalue weighted by Gasteiger charge is 1.98. The van der Waals surface area contributed by atoms with Crippen LogP contribution in [0.5, 0.6) is 0 Å². The van der Waals surface area contributed by atoms with Gasteiger partial charge in [0.1, 0.15) is 0 Å². The second-order valence-corrected chi connectivity index (χ2v) is 3.97. The first-order chi connectivity index (χ1) is 7.72. The summed E-state index contributed by atoms with van der Waals surface area (Å²) in [4.78, 5) is 11.1. The molecule has 0 unspecified atom stereocenters. The summed E-state index contributed by atoms with van der Waals surface area (Å²) in [5.41, 5.74) is 2.62. The molecule has 2 N–H and O–H groups in total. The zero-order valence-corrected chi connectivity index (χ0v) is 10.0. The Balaban J connectivity index is 2.18. The van der Waals surface area contributed by atoms with Crippen molar-refractivity contribution in [1.29, 1.82) is 0 Å². The highest BCUT2D eigenvalue weighted by atomic mass is 16.1. The zero-order valence-electron chi connectivity index (χ0n) is 10.0. The van der Waals surface area contributed by atoms with Gasteiger partial charge in [0.2, 0.25) is 5.91 Å². The molecule has 0 bridgehead atoms. The van der Waals surface area contributed by atoms with Crippen LogP contribution in [-0.2, 0) is 11.2 Å². The first-order valence-electron chi connectivity index (χ1n) is 5.69. The van der Waals surface area contributed by atoms with E-state index in [2.05, 4.69) is 41.8 Å². The first-order valence-corrected chi connectivity index (χ1v) is 5.69. The number of amides is 1. The maximum atomic E-state index is 11.1. The molecule has 0 atom stereocenters. The molecule has 0 aromatic heterocycles. The first kappa shape index (κ1) is 12.7. The lowest BCUT2D eigenvalue weighted by molar-refractivity contribution is -0.120. The van der Waals surface area contributed by atoms with Crippen LogP contribution < -0.4 is 10.6 Å². The van der Waals surface area contributed by atoms with Gasteiger partial charge in [-0.15, -0.1) is 0 Å². The van der Waals surface area contributed by atoms with Gasteiger partial charge in [0.25, 0.3) is 0 Å². The summed E-state index contributed by atoms with van der Waals surface area (Å²) in [6.45, 7) is 3.23. The van der Waals surface area contributed by atoms with Gasteiger partial charge in [-0.25, -0.2) is 0 Å². The fraction of sp³-hybridized carbons (Fsp3) is 0.462. The maximum absolute atomic E-state index is 11.1. The third-order valence-electron chi connectivity index (χ3n) is 2.38. The molecule has 0 saturated carbocycles. The van der Waals surface area contributed by atoms with E-state index in [1.807, 2.05) is 0 Å². The highest BCUT2D eigenvalue weighted by Crippen LogP contribution is 2.05. The minimum absolute atomic E-state index is 0.0618. The van der Waals surface area contributed by atoms with Gasteiger partial charge in [-0.3, -0.25) is 4.79 Å². The van der Waals surface area contributed by atoms with E-state index in [9.17, 15) is 4.79 Å². The van der Waals surface area contributed by atoms with Crippen LogP contribution in [-0.4, -0.2) is 26.0 Å². The molecule has 0 aliphatic rings. The molecular formula is C13H20N2O. The van der Waals surface area contributed by atoms with Crippen molar-refractivity contribution < 1.29 is 4.79 Å². The summed E-state index contributed by atoms with van der Waals surface area (Å²) >= 11 is 0. The van der Waals surface area contributed by atoms with E-state index in [4.69, 9.17) is 0 Å². The normalized spacial score (nSPS) is 10.1. The van der Waals surface area contributed by atoms with Crippen molar-refractivity contribution in [2.24, 2.45) is 0 Å². The largest absolute Gasteiger partial charge is 0.355 e. The molecule has 16 heavy (non-hydrogen) atoms. The summed E-state index contributed by atoms with van der Waals surface area (Å²) < 4.78 is 0. The van der Waals surface area contributed by atoms with E-state index >= 15 is 0 Å².